The van der Waals surface area contributed by atoms with Crippen molar-refractivity contribution in [1.29, 1.82) is 0 Å². The van der Waals surface area contributed by atoms with Crippen LogP contribution in [0.4, 0.5) is 5.69 Å². The highest BCUT2D eigenvalue weighted by Gasteiger charge is 2.13. The molecule has 0 saturated carbocycles. The molecule has 26 heavy (non-hydrogen) atoms. The summed E-state index contributed by atoms with van der Waals surface area (Å²) in [6.45, 7) is 3.77. The van der Waals surface area contributed by atoms with Crippen molar-refractivity contribution >= 4 is 23.2 Å². The molecule has 134 valence electrons. The zero-order valence-electron chi connectivity index (χ0n) is 14.7. The summed E-state index contributed by atoms with van der Waals surface area (Å²) in [6.07, 6.45) is 0. The summed E-state index contributed by atoms with van der Waals surface area (Å²) in [4.78, 5) is 13.5. The van der Waals surface area contributed by atoms with E-state index in [-0.39, 0.29) is 12.5 Å². The Bertz CT molecular complexity index is 931. The maximum atomic E-state index is 12.3. The Balaban J connectivity index is 1.72. The fraction of sp³-hybridized carbons (Fsp3) is 0.222. The van der Waals surface area contributed by atoms with E-state index in [9.17, 15) is 4.79 Å². The predicted molar refractivity (Wildman–Crippen MR) is 99.4 cm³/mol. The number of hydrogen-bond acceptors (Lipinski definition) is 5. The van der Waals surface area contributed by atoms with E-state index in [4.69, 9.17) is 16.3 Å². The fourth-order valence-corrected chi connectivity index (χ4v) is 2.94. The molecule has 0 spiro atoms. The van der Waals surface area contributed by atoms with Crippen molar-refractivity contribution in [3.63, 3.8) is 0 Å². The predicted octanol–water partition coefficient (Wildman–Crippen LogP) is 3.26. The van der Waals surface area contributed by atoms with E-state index in [2.05, 4.69) is 20.7 Å². The van der Waals surface area contributed by atoms with Gasteiger partial charge in [-0.25, -0.2) is 0 Å². The van der Waals surface area contributed by atoms with Crippen molar-refractivity contribution in [3.05, 3.63) is 52.5 Å². The van der Waals surface area contributed by atoms with E-state index >= 15 is 0 Å². The van der Waals surface area contributed by atoms with Crippen LogP contribution in [0.25, 0.3) is 11.4 Å². The Hall–Kier alpha value is -2.93. The number of ether oxygens (including phenoxy) is 1. The molecule has 0 aliphatic rings. The van der Waals surface area contributed by atoms with Crippen molar-refractivity contribution < 1.29 is 9.53 Å². The van der Waals surface area contributed by atoms with E-state index in [1.54, 1.807) is 19.2 Å². The summed E-state index contributed by atoms with van der Waals surface area (Å²) in [7, 11) is 1.59. The number of carbonyl (C=O) groups is 1. The average molecular weight is 372 g/mol. The Morgan fingerprint density at radius 2 is 2.08 bits per heavy atom. The van der Waals surface area contributed by atoms with E-state index < -0.39 is 0 Å². The summed E-state index contributed by atoms with van der Waals surface area (Å²) < 4.78 is 5.19. The van der Waals surface area contributed by atoms with Gasteiger partial charge in [-0.05, 0) is 48.4 Å². The SMILES string of the molecule is COc1cccc(-c2nnn(CC(=O)Nc3c(C)cc(C)cc3Cl)n2)c1. The van der Waals surface area contributed by atoms with Crippen LogP contribution in [0.3, 0.4) is 0 Å². The summed E-state index contributed by atoms with van der Waals surface area (Å²) in [5.74, 6) is 0.829. The minimum atomic E-state index is -0.284. The van der Waals surface area contributed by atoms with Gasteiger partial charge in [0.25, 0.3) is 0 Å². The topological polar surface area (TPSA) is 81.9 Å². The molecule has 0 aliphatic heterocycles. The first kappa shape index (κ1) is 17.9. The molecule has 3 rings (SSSR count). The van der Waals surface area contributed by atoms with Crippen LogP contribution in [0, 0.1) is 13.8 Å². The first-order valence-corrected chi connectivity index (χ1v) is 8.33. The molecule has 2 aromatic carbocycles. The summed E-state index contributed by atoms with van der Waals surface area (Å²) in [6, 6.07) is 11.1. The number of tetrazole rings is 1. The van der Waals surface area contributed by atoms with Crippen molar-refractivity contribution in [2.45, 2.75) is 20.4 Å². The quantitative estimate of drug-likeness (QED) is 0.744. The summed E-state index contributed by atoms with van der Waals surface area (Å²) >= 11 is 6.22. The third kappa shape index (κ3) is 4.00. The molecule has 0 radical (unpaired) electrons. The molecular weight excluding hydrogens is 354 g/mol. The van der Waals surface area contributed by atoms with Crippen molar-refractivity contribution in [1.82, 2.24) is 20.2 Å². The van der Waals surface area contributed by atoms with Gasteiger partial charge in [-0.15, -0.1) is 10.2 Å². The molecular formula is C18H18ClN5O2. The van der Waals surface area contributed by atoms with Crippen LogP contribution < -0.4 is 10.1 Å². The monoisotopic (exact) mass is 371 g/mol. The average Bonchev–Trinajstić information content (AvgIpc) is 3.06. The first-order chi connectivity index (χ1) is 12.5. The van der Waals surface area contributed by atoms with Gasteiger partial charge in [-0.3, -0.25) is 4.79 Å². The maximum Gasteiger partial charge on any atom is 0.248 e. The highest BCUT2D eigenvalue weighted by atomic mass is 35.5. The van der Waals surface area contributed by atoms with E-state index in [1.807, 2.05) is 38.1 Å². The van der Waals surface area contributed by atoms with Crippen LogP contribution in [0.2, 0.25) is 5.02 Å². The lowest BCUT2D eigenvalue weighted by atomic mass is 10.1. The van der Waals surface area contributed by atoms with Gasteiger partial charge >= 0.3 is 0 Å². The normalized spacial score (nSPS) is 10.6. The van der Waals surface area contributed by atoms with Gasteiger partial charge < -0.3 is 10.1 Å². The number of benzene rings is 2. The third-order valence-electron chi connectivity index (χ3n) is 3.76. The Labute approximate surface area is 155 Å². The number of anilines is 1. The van der Waals surface area contributed by atoms with Crippen molar-refractivity contribution in [3.8, 4) is 17.1 Å². The first-order valence-electron chi connectivity index (χ1n) is 7.95. The minimum Gasteiger partial charge on any atom is -0.497 e. The van der Waals surface area contributed by atoms with Gasteiger partial charge in [0, 0.05) is 5.56 Å². The zero-order chi connectivity index (χ0) is 18.7. The van der Waals surface area contributed by atoms with Crippen LogP contribution in [-0.4, -0.2) is 33.2 Å². The van der Waals surface area contributed by atoms with E-state index in [0.717, 1.165) is 16.7 Å². The lowest BCUT2D eigenvalue weighted by Crippen LogP contribution is -2.21. The number of amides is 1. The third-order valence-corrected chi connectivity index (χ3v) is 4.06. The van der Waals surface area contributed by atoms with Crippen LogP contribution in [0.15, 0.2) is 36.4 Å². The second kappa shape index (κ2) is 7.53. The van der Waals surface area contributed by atoms with Gasteiger partial charge in [0.15, 0.2) is 0 Å². The lowest BCUT2D eigenvalue weighted by molar-refractivity contribution is -0.117. The molecule has 1 amide bonds. The number of carbonyl (C=O) groups excluding carboxylic acids is 1. The maximum absolute atomic E-state index is 12.3. The molecule has 8 heteroatoms. The summed E-state index contributed by atoms with van der Waals surface area (Å²) in [5.41, 5.74) is 3.28. The molecule has 0 bridgehead atoms. The van der Waals surface area contributed by atoms with Crippen LogP contribution in [0.1, 0.15) is 11.1 Å². The molecule has 1 aromatic heterocycles. The number of nitrogens with zero attached hydrogens (tertiary/aromatic N) is 4. The van der Waals surface area contributed by atoms with Gasteiger partial charge in [0.1, 0.15) is 12.3 Å². The van der Waals surface area contributed by atoms with Crippen LogP contribution in [0.5, 0.6) is 5.75 Å². The lowest BCUT2D eigenvalue weighted by Gasteiger charge is -2.11. The largest absolute Gasteiger partial charge is 0.497 e. The Morgan fingerprint density at radius 1 is 1.27 bits per heavy atom. The Morgan fingerprint density at radius 3 is 2.81 bits per heavy atom. The molecule has 7 nitrogen and oxygen atoms in total. The van der Waals surface area contributed by atoms with Gasteiger partial charge in [0.05, 0.1) is 17.8 Å². The zero-order valence-corrected chi connectivity index (χ0v) is 15.4. The molecule has 0 unspecified atom stereocenters. The molecule has 0 aliphatic carbocycles. The van der Waals surface area contributed by atoms with Gasteiger partial charge in [-0.1, -0.05) is 29.8 Å². The minimum absolute atomic E-state index is 0.0688. The number of rotatable bonds is 5. The van der Waals surface area contributed by atoms with Gasteiger partial charge in [0.2, 0.25) is 11.7 Å². The number of aromatic nitrogens is 4. The molecule has 0 atom stereocenters. The van der Waals surface area contributed by atoms with Crippen LogP contribution >= 0.6 is 11.6 Å². The number of hydrogen-bond donors (Lipinski definition) is 1. The molecule has 1 N–H and O–H groups in total. The van der Waals surface area contributed by atoms with E-state index in [0.29, 0.717) is 22.3 Å². The highest BCUT2D eigenvalue weighted by Crippen LogP contribution is 2.27. The second-order valence-corrected chi connectivity index (χ2v) is 6.27. The smallest absolute Gasteiger partial charge is 0.248 e. The highest BCUT2D eigenvalue weighted by molar-refractivity contribution is 6.34. The van der Waals surface area contributed by atoms with E-state index in [1.165, 1.54) is 4.80 Å². The summed E-state index contributed by atoms with van der Waals surface area (Å²) in [5, 5.41) is 15.5. The standard InChI is InChI=1S/C18H18ClN5O2/c1-11-7-12(2)17(15(19)8-11)20-16(25)10-24-22-18(21-23-24)13-5-4-6-14(9-13)26-3/h4-9H,10H2,1-3H3,(H,20,25). The molecule has 0 fully saturated rings. The van der Waals surface area contributed by atoms with Crippen molar-refractivity contribution in [2.75, 3.05) is 12.4 Å². The number of nitrogens with one attached hydrogen (secondary N) is 1. The Kier molecular flexibility index (Phi) is 5.18. The number of methoxy groups -OCH3 is 1. The van der Waals surface area contributed by atoms with Crippen LogP contribution in [-0.2, 0) is 11.3 Å². The number of halogens is 1. The number of aryl methyl sites for hydroxylation is 2. The fourth-order valence-electron chi connectivity index (χ4n) is 2.57. The molecule has 3 aromatic rings. The molecule has 0 saturated heterocycles. The second-order valence-electron chi connectivity index (χ2n) is 5.86. The molecule has 1 heterocycles. The van der Waals surface area contributed by atoms with Crippen molar-refractivity contribution in [2.24, 2.45) is 0 Å². The van der Waals surface area contributed by atoms with Gasteiger partial charge in [-0.2, -0.15) is 4.80 Å².